The Labute approximate surface area is 95.0 Å². The summed E-state index contributed by atoms with van der Waals surface area (Å²) in [7, 11) is 2.13. The van der Waals surface area contributed by atoms with Gasteiger partial charge >= 0.3 is 0 Å². The summed E-state index contributed by atoms with van der Waals surface area (Å²) in [5, 5.41) is 2.12. The van der Waals surface area contributed by atoms with Crippen LogP contribution >= 0.6 is 22.9 Å². The van der Waals surface area contributed by atoms with E-state index in [1.807, 2.05) is 6.08 Å². The van der Waals surface area contributed by atoms with Crippen LogP contribution in [-0.2, 0) is 0 Å². The van der Waals surface area contributed by atoms with Crippen molar-refractivity contribution in [2.45, 2.75) is 13.0 Å². The Morgan fingerprint density at radius 2 is 2.36 bits per heavy atom. The third-order valence-electron chi connectivity index (χ3n) is 2.27. The second-order valence-electron chi connectivity index (χ2n) is 3.26. The topological polar surface area (TPSA) is 3.24 Å². The van der Waals surface area contributed by atoms with E-state index in [4.69, 9.17) is 11.6 Å². The quantitative estimate of drug-likeness (QED) is 0.552. The van der Waals surface area contributed by atoms with Crippen LogP contribution in [0.1, 0.15) is 17.8 Å². The van der Waals surface area contributed by atoms with Crippen molar-refractivity contribution < 1.29 is 0 Å². The Balaban J connectivity index is 2.44. The second kappa shape index (κ2) is 6.23. The van der Waals surface area contributed by atoms with Crippen LogP contribution in [0.5, 0.6) is 0 Å². The van der Waals surface area contributed by atoms with E-state index in [1.165, 1.54) is 4.88 Å². The maximum atomic E-state index is 5.56. The van der Waals surface area contributed by atoms with Gasteiger partial charge < -0.3 is 0 Å². The zero-order valence-electron chi connectivity index (χ0n) is 8.61. The van der Waals surface area contributed by atoms with Crippen LogP contribution in [-0.4, -0.2) is 24.4 Å². The highest BCUT2D eigenvalue weighted by Gasteiger charge is 2.10. The molecule has 0 fully saturated rings. The van der Waals surface area contributed by atoms with E-state index in [0.717, 1.165) is 6.54 Å². The standard InChI is InChI=1S/C11H16ClNS/c1-10(11-6-5-9-14-11)13(2)8-4-3-7-12/h3-6,9-10H,7-8H2,1-2H3. The molecule has 0 saturated heterocycles. The minimum atomic E-state index is 0.481. The van der Waals surface area contributed by atoms with Crippen molar-refractivity contribution in [2.24, 2.45) is 0 Å². The van der Waals surface area contributed by atoms with Crippen molar-refractivity contribution in [2.75, 3.05) is 19.5 Å². The molecule has 78 valence electrons. The highest BCUT2D eigenvalue weighted by atomic mass is 35.5. The van der Waals surface area contributed by atoms with Gasteiger partial charge in [-0.15, -0.1) is 22.9 Å². The molecule has 0 radical (unpaired) electrons. The monoisotopic (exact) mass is 229 g/mol. The molecule has 0 bridgehead atoms. The minimum absolute atomic E-state index is 0.481. The lowest BCUT2D eigenvalue weighted by Crippen LogP contribution is -2.21. The van der Waals surface area contributed by atoms with E-state index in [-0.39, 0.29) is 0 Å². The number of rotatable bonds is 5. The lowest BCUT2D eigenvalue weighted by Gasteiger charge is -2.21. The van der Waals surface area contributed by atoms with Gasteiger partial charge in [-0.2, -0.15) is 0 Å². The van der Waals surface area contributed by atoms with Crippen molar-refractivity contribution >= 4 is 22.9 Å². The summed E-state index contributed by atoms with van der Waals surface area (Å²) in [6, 6.07) is 4.76. The van der Waals surface area contributed by atoms with Crippen molar-refractivity contribution in [3.05, 3.63) is 34.5 Å². The average Bonchev–Trinajstić information content (AvgIpc) is 2.69. The highest BCUT2D eigenvalue weighted by molar-refractivity contribution is 7.10. The molecule has 1 heterocycles. The number of nitrogens with zero attached hydrogens (tertiary/aromatic N) is 1. The van der Waals surface area contributed by atoms with Crippen molar-refractivity contribution in [1.82, 2.24) is 4.90 Å². The number of likely N-dealkylation sites (N-methyl/N-ethyl adjacent to an activating group) is 1. The molecule has 1 nitrogen and oxygen atoms in total. The molecule has 1 unspecified atom stereocenters. The van der Waals surface area contributed by atoms with Gasteiger partial charge in [-0.3, -0.25) is 4.90 Å². The van der Waals surface area contributed by atoms with Crippen molar-refractivity contribution in [3.8, 4) is 0 Å². The van der Waals surface area contributed by atoms with E-state index < -0.39 is 0 Å². The van der Waals surface area contributed by atoms with Crippen LogP contribution in [0.25, 0.3) is 0 Å². The maximum absolute atomic E-state index is 5.56. The van der Waals surface area contributed by atoms with Crippen LogP contribution < -0.4 is 0 Å². The first-order valence-electron chi connectivity index (χ1n) is 4.70. The molecule has 1 atom stereocenters. The Hall–Kier alpha value is -0.310. The van der Waals surface area contributed by atoms with Gasteiger partial charge in [0.15, 0.2) is 0 Å². The average molecular weight is 230 g/mol. The van der Waals surface area contributed by atoms with Gasteiger partial charge in [0.1, 0.15) is 0 Å². The number of halogens is 1. The fraction of sp³-hybridized carbons (Fsp3) is 0.455. The normalized spacial score (nSPS) is 14.0. The smallest absolute Gasteiger partial charge is 0.0413 e. The van der Waals surface area contributed by atoms with Gasteiger partial charge in [0.2, 0.25) is 0 Å². The molecule has 0 aromatic carbocycles. The maximum Gasteiger partial charge on any atom is 0.0413 e. The van der Waals surface area contributed by atoms with Crippen LogP contribution in [0.3, 0.4) is 0 Å². The van der Waals surface area contributed by atoms with Crippen LogP contribution in [0.4, 0.5) is 0 Å². The summed E-state index contributed by atoms with van der Waals surface area (Å²) in [6.45, 7) is 3.17. The summed E-state index contributed by atoms with van der Waals surface area (Å²) in [5.41, 5.74) is 0. The minimum Gasteiger partial charge on any atom is -0.295 e. The van der Waals surface area contributed by atoms with Gasteiger partial charge in [-0.05, 0) is 25.4 Å². The number of thiophene rings is 1. The molecular weight excluding hydrogens is 214 g/mol. The Bertz CT molecular complexity index is 269. The van der Waals surface area contributed by atoms with Gasteiger partial charge in [0, 0.05) is 23.3 Å². The van der Waals surface area contributed by atoms with E-state index in [0.29, 0.717) is 11.9 Å². The number of allylic oxidation sites excluding steroid dienone is 1. The molecule has 1 aromatic rings. The molecule has 1 rings (SSSR count). The number of hydrogen-bond acceptors (Lipinski definition) is 2. The second-order valence-corrected chi connectivity index (χ2v) is 4.54. The van der Waals surface area contributed by atoms with Gasteiger partial charge in [-0.25, -0.2) is 0 Å². The molecule has 0 spiro atoms. The highest BCUT2D eigenvalue weighted by Crippen LogP contribution is 2.22. The largest absolute Gasteiger partial charge is 0.295 e. The molecule has 0 amide bonds. The van der Waals surface area contributed by atoms with E-state index in [2.05, 4.69) is 42.5 Å². The third-order valence-corrected chi connectivity index (χ3v) is 3.49. The summed E-state index contributed by atoms with van der Waals surface area (Å²) in [5.74, 6) is 0.598. The molecule has 0 aliphatic heterocycles. The van der Waals surface area contributed by atoms with Crippen LogP contribution in [0.2, 0.25) is 0 Å². The Kier molecular flexibility index (Phi) is 5.23. The third kappa shape index (κ3) is 3.45. The van der Waals surface area contributed by atoms with Gasteiger partial charge in [-0.1, -0.05) is 18.2 Å². The fourth-order valence-corrected chi connectivity index (χ4v) is 2.18. The predicted octanol–water partition coefficient (Wildman–Crippen LogP) is 3.54. The summed E-state index contributed by atoms with van der Waals surface area (Å²) in [4.78, 5) is 3.71. The molecular formula is C11H16ClNS. The Morgan fingerprint density at radius 1 is 1.57 bits per heavy atom. The van der Waals surface area contributed by atoms with E-state index >= 15 is 0 Å². The molecule has 0 N–H and O–H groups in total. The summed E-state index contributed by atoms with van der Waals surface area (Å²) >= 11 is 7.37. The molecule has 0 aliphatic carbocycles. The molecule has 3 heteroatoms. The molecule has 0 aliphatic rings. The number of hydrogen-bond donors (Lipinski definition) is 0. The van der Waals surface area contributed by atoms with Crippen LogP contribution in [0, 0.1) is 0 Å². The van der Waals surface area contributed by atoms with Crippen molar-refractivity contribution in [3.63, 3.8) is 0 Å². The predicted molar refractivity (Wildman–Crippen MR) is 65.2 cm³/mol. The van der Waals surface area contributed by atoms with Gasteiger partial charge in [0.05, 0.1) is 0 Å². The zero-order chi connectivity index (χ0) is 10.4. The lowest BCUT2D eigenvalue weighted by atomic mass is 10.2. The lowest BCUT2D eigenvalue weighted by molar-refractivity contribution is 0.293. The summed E-state index contributed by atoms with van der Waals surface area (Å²) in [6.07, 6.45) is 4.09. The summed E-state index contributed by atoms with van der Waals surface area (Å²) < 4.78 is 0. The molecule has 14 heavy (non-hydrogen) atoms. The molecule has 0 saturated carbocycles. The van der Waals surface area contributed by atoms with Gasteiger partial charge in [0.25, 0.3) is 0 Å². The van der Waals surface area contributed by atoms with Crippen molar-refractivity contribution in [1.29, 1.82) is 0 Å². The SMILES string of the molecule is CC(c1cccs1)N(C)CC=CCCl. The van der Waals surface area contributed by atoms with Crippen LogP contribution in [0.15, 0.2) is 29.7 Å². The van der Waals surface area contributed by atoms with E-state index in [1.54, 1.807) is 11.3 Å². The molecule has 1 aromatic heterocycles. The zero-order valence-corrected chi connectivity index (χ0v) is 10.2. The number of alkyl halides is 1. The first-order valence-corrected chi connectivity index (χ1v) is 6.11. The first kappa shape index (κ1) is 11.8. The Morgan fingerprint density at radius 3 is 2.93 bits per heavy atom. The first-order chi connectivity index (χ1) is 6.75. The fourth-order valence-electron chi connectivity index (χ4n) is 1.21. The van der Waals surface area contributed by atoms with E-state index in [9.17, 15) is 0 Å².